The Morgan fingerprint density at radius 1 is 0.897 bits per heavy atom. The summed E-state index contributed by atoms with van der Waals surface area (Å²) >= 11 is 0. The zero-order valence-electron chi connectivity index (χ0n) is 16.3. The standard InChI is InChI=1S/C25H22O4/c1-18-9-11-20(12-10-18)29-24-17-28-23-16-21(13-14-22(23)25(24)26)27-15-5-8-19-6-3-2-4-7-19/h2-4,6-7,9-14,16-17H,5,8,15H2,1H3. The molecular weight excluding hydrogens is 364 g/mol. The molecule has 0 atom stereocenters. The average Bonchev–Trinajstić information content (AvgIpc) is 2.75. The van der Waals surface area contributed by atoms with E-state index in [1.807, 2.05) is 49.4 Å². The van der Waals surface area contributed by atoms with Crippen molar-refractivity contribution in [3.63, 3.8) is 0 Å². The summed E-state index contributed by atoms with van der Waals surface area (Å²) in [6.07, 6.45) is 3.22. The van der Waals surface area contributed by atoms with Crippen LogP contribution in [-0.2, 0) is 6.42 Å². The molecule has 0 amide bonds. The van der Waals surface area contributed by atoms with E-state index in [4.69, 9.17) is 13.9 Å². The van der Waals surface area contributed by atoms with Gasteiger partial charge in [-0.25, -0.2) is 0 Å². The molecule has 4 nitrogen and oxygen atoms in total. The summed E-state index contributed by atoms with van der Waals surface area (Å²) in [7, 11) is 0. The number of hydrogen-bond donors (Lipinski definition) is 0. The average molecular weight is 386 g/mol. The lowest BCUT2D eigenvalue weighted by Crippen LogP contribution is -2.05. The van der Waals surface area contributed by atoms with Crippen molar-refractivity contribution in [1.29, 1.82) is 0 Å². The number of aryl methyl sites for hydroxylation is 2. The maximum Gasteiger partial charge on any atom is 0.235 e. The van der Waals surface area contributed by atoms with Crippen molar-refractivity contribution in [3.05, 3.63) is 100 Å². The lowest BCUT2D eigenvalue weighted by atomic mass is 10.1. The van der Waals surface area contributed by atoms with Crippen LogP contribution in [0.25, 0.3) is 11.0 Å². The van der Waals surface area contributed by atoms with Crippen LogP contribution in [0.15, 0.2) is 88.3 Å². The highest BCUT2D eigenvalue weighted by Gasteiger charge is 2.10. The Balaban J connectivity index is 1.43. The van der Waals surface area contributed by atoms with Crippen LogP contribution in [0, 0.1) is 6.92 Å². The van der Waals surface area contributed by atoms with Gasteiger partial charge in [-0.1, -0.05) is 48.0 Å². The van der Waals surface area contributed by atoms with Gasteiger partial charge in [-0.2, -0.15) is 0 Å². The quantitative estimate of drug-likeness (QED) is 0.371. The topological polar surface area (TPSA) is 48.7 Å². The molecule has 4 rings (SSSR count). The molecule has 1 heterocycles. The van der Waals surface area contributed by atoms with Crippen LogP contribution in [0.4, 0.5) is 0 Å². The normalized spacial score (nSPS) is 10.8. The molecule has 4 aromatic rings. The SMILES string of the molecule is Cc1ccc(Oc2coc3cc(OCCCc4ccccc4)ccc3c2=O)cc1. The molecule has 0 unspecified atom stereocenters. The highest BCUT2D eigenvalue weighted by molar-refractivity contribution is 5.79. The molecule has 0 saturated heterocycles. The summed E-state index contributed by atoms with van der Waals surface area (Å²) < 4.78 is 17.1. The molecule has 1 aromatic heterocycles. The first-order valence-electron chi connectivity index (χ1n) is 9.66. The van der Waals surface area contributed by atoms with Crippen molar-refractivity contribution < 1.29 is 13.9 Å². The van der Waals surface area contributed by atoms with Crippen molar-refractivity contribution in [2.75, 3.05) is 6.61 Å². The first-order chi connectivity index (χ1) is 14.2. The van der Waals surface area contributed by atoms with E-state index in [0.717, 1.165) is 18.4 Å². The van der Waals surface area contributed by atoms with E-state index in [-0.39, 0.29) is 11.2 Å². The summed E-state index contributed by atoms with van der Waals surface area (Å²) in [4.78, 5) is 12.7. The fraction of sp³-hybridized carbons (Fsp3) is 0.160. The van der Waals surface area contributed by atoms with Gasteiger partial charge < -0.3 is 13.9 Å². The zero-order chi connectivity index (χ0) is 20.1. The molecule has 0 saturated carbocycles. The Hall–Kier alpha value is -3.53. The molecule has 0 N–H and O–H groups in total. The molecule has 0 aliphatic rings. The number of benzene rings is 3. The minimum Gasteiger partial charge on any atom is -0.493 e. The Kier molecular flexibility index (Phi) is 5.61. The van der Waals surface area contributed by atoms with Crippen LogP contribution >= 0.6 is 0 Å². The Bertz CT molecular complexity index is 1150. The van der Waals surface area contributed by atoms with Gasteiger partial charge >= 0.3 is 0 Å². The van der Waals surface area contributed by atoms with Gasteiger partial charge in [-0.05, 0) is 49.6 Å². The largest absolute Gasteiger partial charge is 0.493 e. The molecular formula is C25H22O4. The maximum atomic E-state index is 12.7. The number of ether oxygens (including phenoxy) is 2. The van der Waals surface area contributed by atoms with E-state index in [0.29, 0.717) is 29.1 Å². The molecule has 0 spiro atoms. The van der Waals surface area contributed by atoms with Crippen molar-refractivity contribution in [2.45, 2.75) is 19.8 Å². The Labute approximate surface area is 169 Å². The fourth-order valence-electron chi connectivity index (χ4n) is 3.10. The van der Waals surface area contributed by atoms with Crippen molar-refractivity contribution in [1.82, 2.24) is 0 Å². The third kappa shape index (κ3) is 4.66. The fourth-order valence-corrected chi connectivity index (χ4v) is 3.10. The van der Waals surface area contributed by atoms with E-state index in [2.05, 4.69) is 12.1 Å². The van der Waals surface area contributed by atoms with Crippen LogP contribution in [0.3, 0.4) is 0 Å². The number of rotatable bonds is 7. The summed E-state index contributed by atoms with van der Waals surface area (Å²) in [6, 6.07) is 23.1. The van der Waals surface area contributed by atoms with Crippen molar-refractivity contribution >= 4 is 11.0 Å². The maximum absolute atomic E-state index is 12.7. The van der Waals surface area contributed by atoms with E-state index in [1.54, 1.807) is 18.2 Å². The van der Waals surface area contributed by atoms with Gasteiger partial charge in [0.2, 0.25) is 11.2 Å². The predicted molar refractivity (Wildman–Crippen MR) is 114 cm³/mol. The van der Waals surface area contributed by atoms with Gasteiger partial charge in [0.1, 0.15) is 23.3 Å². The third-order valence-corrected chi connectivity index (χ3v) is 4.68. The van der Waals surface area contributed by atoms with E-state index in [1.165, 1.54) is 11.8 Å². The van der Waals surface area contributed by atoms with Crippen LogP contribution < -0.4 is 14.9 Å². The molecule has 0 radical (unpaired) electrons. The van der Waals surface area contributed by atoms with Gasteiger partial charge in [-0.15, -0.1) is 0 Å². The number of fused-ring (bicyclic) bond motifs is 1. The van der Waals surface area contributed by atoms with E-state index in [9.17, 15) is 4.79 Å². The second-order valence-electron chi connectivity index (χ2n) is 6.94. The smallest absolute Gasteiger partial charge is 0.235 e. The van der Waals surface area contributed by atoms with Crippen LogP contribution in [0.2, 0.25) is 0 Å². The van der Waals surface area contributed by atoms with Gasteiger partial charge in [-0.3, -0.25) is 4.79 Å². The Morgan fingerprint density at radius 3 is 2.45 bits per heavy atom. The summed E-state index contributed by atoms with van der Waals surface area (Å²) in [5.74, 6) is 1.44. The molecule has 3 aromatic carbocycles. The lowest BCUT2D eigenvalue weighted by Gasteiger charge is -2.08. The minimum absolute atomic E-state index is 0.165. The minimum atomic E-state index is -0.206. The van der Waals surface area contributed by atoms with Gasteiger partial charge in [0.05, 0.1) is 12.0 Å². The molecule has 0 aliphatic carbocycles. The van der Waals surface area contributed by atoms with Crippen LogP contribution in [0.5, 0.6) is 17.2 Å². The lowest BCUT2D eigenvalue weighted by molar-refractivity contribution is 0.311. The van der Waals surface area contributed by atoms with Crippen LogP contribution in [-0.4, -0.2) is 6.61 Å². The number of hydrogen-bond acceptors (Lipinski definition) is 4. The molecule has 146 valence electrons. The highest BCUT2D eigenvalue weighted by atomic mass is 16.5. The third-order valence-electron chi connectivity index (χ3n) is 4.68. The first kappa shape index (κ1) is 18.8. The second kappa shape index (κ2) is 8.65. The summed E-state index contributed by atoms with van der Waals surface area (Å²) in [5.41, 5.74) is 2.69. The summed E-state index contributed by atoms with van der Waals surface area (Å²) in [5, 5.41) is 0.464. The molecule has 4 heteroatoms. The molecule has 0 aliphatic heterocycles. The summed E-state index contributed by atoms with van der Waals surface area (Å²) in [6.45, 7) is 2.59. The predicted octanol–water partition coefficient (Wildman–Crippen LogP) is 5.91. The van der Waals surface area contributed by atoms with E-state index < -0.39 is 0 Å². The Morgan fingerprint density at radius 2 is 1.66 bits per heavy atom. The monoisotopic (exact) mass is 386 g/mol. The van der Waals surface area contributed by atoms with Crippen LogP contribution in [0.1, 0.15) is 17.5 Å². The first-order valence-corrected chi connectivity index (χ1v) is 9.66. The molecule has 0 bridgehead atoms. The van der Waals surface area contributed by atoms with Gasteiger partial charge in [0, 0.05) is 6.07 Å². The van der Waals surface area contributed by atoms with Crippen molar-refractivity contribution in [2.24, 2.45) is 0 Å². The van der Waals surface area contributed by atoms with E-state index >= 15 is 0 Å². The van der Waals surface area contributed by atoms with Crippen molar-refractivity contribution in [3.8, 4) is 17.2 Å². The second-order valence-corrected chi connectivity index (χ2v) is 6.94. The molecule has 0 fully saturated rings. The van der Waals surface area contributed by atoms with Gasteiger partial charge in [0.25, 0.3) is 0 Å². The van der Waals surface area contributed by atoms with Gasteiger partial charge in [0.15, 0.2) is 0 Å². The zero-order valence-corrected chi connectivity index (χ0v) is 16.3. The molecule has 29 heavy (non-hydrogen) atoms. The highest BCUT2D eigenvalue weighted by Crippen LogP contribution is 2.24.